The summed E-state index contributed by atoms with van der Waals surface area (Å²) in [5.74, 6) is -0.561. The molecule has 0 aliphatic carbocycles. The minimum absolute atomic E-state index is 0.0579. The van der Waals surface area contributed by atoms with Crippen LogP contribution in [0.25, 0.3) is 0 Å². The number of unbranched alkanes of at least 4 members (excludes halogenated alkanes) is 60. The van der Waals surface area contributed by atoms with Gasteiger partial charge in [-0.1, -0.05) is 435 Å². The second kappa shape index (κ2) is 79.1. The molecule has 0 saturated carbocycles. The van der Waals surface area contributed by atoms with Crippen LogP contribution < -0.4 is 0 Å². The lowest BCUT2D eigenvalue weighted by Gasteiger charge is -2.15. The first-order valence-electron chi connectivity index (χ1n) is 40.2. The second-order valence-corrected chi connectivity index (χ2v) is 27.5. The van der Waals surface area contributed by atoms with Gasteiger partial charge < -0.3 is 14.6 Å². The van der Waals surface area contributed by atoms with E-state index >= 15 is 0 Å². The third-order valence-electron chi connectivity index (χ3n) is 18.6. The minimum atomic E-state index is -0.770. The lowest BCUT2D eigenvalue weighted by molar-refractivity contribution is -0.161. The smallest absolute Gasteiger partial charge is 0.306 e. The van der Waals surface area contributed by atoms with Gasteiger partial charge in [-0.2, -0.15) is 0 Å². The number of aliphatic hydroxyl groups is 1. The van der Waals surface area contributed by atoms with Crippen LogP contribution in [0.1, 0.15) is 450 Å². The highest BCUT2D eigenvalue weighted by atomic mass is 16.6. The first-order chi connectivity index (χ1) is 43.6. The van der Waals surface area contributed by atoms with E-state index in [1.165, 1.54) is 366 Å². The number of ether oxygens (including phenoxy) is 2. The predicted molar refractivity (Wildman–Crippen MR) is 390 cm³/mol. The molecule has 5 nitrogen and oxygen atoms in total. The van der Waals surface area contributed by atoms with Gasteiger partial charge in [-0.3, -0.25) is 9.59 Å². The van der Waals surface area contributed by atoms with Gasteiger partial charge in [0.15, 0.2) is 6.10 Å². The number of hydrogen-bond donors (Lipinski definition) is 1. The molecule has 0 saturated heterocycles. The zero-order chi connectivity index (χ0) is 63.3. The molecule has 1 unspecified atom stereocenters. The van der Waals surface area contributed by atoms with Crippen LogP contribution in [0, 0.1) is 0 Å². The number of esters is 2. The van der Waals surface area contributed by atoms with Crippen molar-refractivity contribution in [1.82, 2.24) is 0 Å². The van der Waals surface area contributed by atoms with E-state index in [9.17, 15) is 14.7 Å². The number of carbonyl (C=O) groups is 2. The standard InChI is InChI=1S/C83H156O5/c1-3-5-7-9-11-13-15-17-19-21-23-25-27-29-31-33-35-37-39-40-41-42-44-46-48-50-52-54-56-58-60-62-64-66-68-70-72-74-76-78-83(86)88-81(79-84)80-87-82(85)77-75-73-71-69-67-65-63-61-59-57-55-53-51-49-47-45-43-38-36-34-32-30-28-26-24-22-20-18-16-14-12-10-8-6-4-2/h5,7,11,13,17,19,23,25,81,84H,3-4,6,8-10,12,14-16,18,20-22,24,26-80H2,1-2H3/b7-5-,13-11-,19-17-,25-23-. The lowest BCUT2D eigenvalue weighted by Crippen LogP contribution is -2.28. The molecule has 1 atom stereocenters. The van der Waals surface area contributed by atoms with Gasteiger partial charge in [-0.15, -0.1) is 0 Å². The van der Waals surface area contributed by atoms with Crippen LogP contribution in [0.5, 0.6) is 0 Å². The van der Waals surface area contributed by atoms with E-state index in [1.54, 1.807) is 0 Å². The Morgan fingerprint density at radius 1 is 0.273 bits per heavy atom. The van der Waals surface area contributed by atoms with Crippen molar-refractivity contribution >= 4 is 11.9 Å². The maximum atomic E-state index is 12.4. The minimum Gasteiger partial charge on any atom is -0.462 e. The van der Waals surface area contributed by atoms with E-state index < -0.39 is 6.10 Å². The molecule has 0 radical (unpaired) electrons. The number of hydrogen-bond acceptors (Lipinski definition) is 5. The number of aliphatic hydroxyl groups excluding tert-OH is 1. The molecule has 0 aromatic carbocycles. The fourth-order valence-electron chi connectivity index (χ4n) is 12.7. The highest BCUT2D eigenvalue weighted by molar-refractivity contribution is 5.70. The van der Waals surface area contributed by atoms with Gasteiger partial charge in [0, 0.05) is 12.8 Å². The number of allylic oxidation sites excluding steroid dienone is 8. The first kappa shape index (κ1) is 85.9. The van der Waals surface area contributed by atoms with Crippen molar-refractivity contribution in [2.45, 2.75) is 457 Å². The second-order valence-electron chi connectivity index (χ2n) is 27.5. The zero-order valence-corrected chi connectivity index (χ0v) is 59.8. The number of rotatable bonds is 76. The molecular weight excluding hydrogens is 1080 g/mol. The Labute approximate surface area is 551 Å². The average Bonchev–Trinajstić information content (AvgIpc) is 3.54. The SMILES string of the molecule is CC/C=C\C/C=C\C/C=C\C/C=C\CCCCCCCCCCCCCCCCCCCCCCCCCCCCC(=O)OC(CO)COC(=O)CCCCCCCCCCCCCCCCCCCCCCCCCCCCCCCCCCCCC. The molecule has 0 aromatic heterocycles. The summed E-state index contributed by atoms with van der Waals surface area (Å²) in [5.41, 5.74) is 0. The van der Waals surface area contributed by atoms with Crippen molar-refractivity contribution in [3.8, 4) is 0 Å². The Bertz CT molecular complexity index is 1450. The molecule has 518 valence electrons. The van der Waals surface area contributed by atoms with E-state index in [0.717, 1.165) is 57.8 Å². The van der Waals surface area contributed by atoms with Crippen LogP contribution in [0.4, 0.5) is 0 Å². The molecule has 0 aromatic rings. The van der Waals surface area contributed by atoms with E-state index in [4.69, 9.17) is 9.47 Å². The van der Waals surface area contributed by atoms with Gasteiger partial charge in [-0.25, -0.2) is 0 Å². The molecule has 88 heavy (non-hydrogen) atoms. The fourth-order valence-corrected chi connectivity index (χ4v) is 12.7. The normalized spacial score (nSPS) is 12.4. The molecule has 1 N–H and O–H groups in total. The van der Waals surface area contributed by atoms with Gasteiger partial charge in [0.25, 0.3) is 0 Å². The molecule has 0 aliphatic rings. The Morgan fingerprint density at radius 2 is 0.489 bits per heavy atom. The molecule has 0 heterocycles. The van der Waals surface area contributed by atoms with E-state index in [-0.39, 0.29) is 25.2 Å². The summed E-state index contributed by atoms with van der Waals surface area (Å²) < 4.78 is 10.8. The summed E-state index contributed by atoms with van der Waals surface area (Å²) >= 11 is 0. The summed E-state index contributed by atoms with van der Waals surface area (Å²) in [5, 5.41) is 9.73. The Hall–Kier alpha value is -2.14. The van der Waals surface area contributed by atoms with Crippen LogP contribution in [0.15, 0.2) is 48.6 Å². The Kier molecular flexibility index (Phi) is 77.2. The molecular formula is C83H156O5. The summed E-state index contributed by atoms with van der Waals surface area (Å²) in [4.78, 5) is 24.7. The first-order valence-corrected chi connectivity index (χ1v) is 40.2. The van der Waals surface area contributed by atoms with Crippen molar-refractivity contribution in [2.75, 3.05) is 13.2 Å². The molecule has 0 bridgehead atoms. The van der Waals surface area contributed by atoms with Crippen molar-refractivity contribution < 1.29 is 24.2 Å². The fraction of sp³-hybridized carbons (Fsp3) is 0.880. The van der Waals surface area contributed by atoms with Gasteiger partial charge >= 0.3 is 11.9 Å². The largest absolute Gasteiger partial charge is 0.462 e. The molecule has 0 amide bonds. The van der Waals surface area contributed by atoms with Crippen LogP contribution in [0.3, 0.4) is 0 Å². The Morgan fingerprint density at radius 3 is 0.739 bits per heavy atom. The summed E-state index contributed by atoms with van der Waals surface area (Å²) in [7, 11) is 0. The van der Waals surface area contributed by atoms with Gasteiger partial charge in [0.05, 0.1) is 6.61 Å². The summed E-state index contributed by atoms with van der Waals surface area (Å²) in [6, 6.07) is 0. The van der Waals surface area contributed by atoms with Crippen molar-refractivity contribution in [3.05, 3.63) is 48.6 Å². The van der Waals surface area contributed by atoms with Gasteiger partial charge in [-0.05, 0) is 51.4 Å². The zero-order valence-electron chi connectivity index (χ0n) is 59.8. The van der Waals surface area contributed by atoms with Crippen LogP contribution in [-0.2, 0) is 19.1 Å². The maximum Gasteiger partial charge on any atom is 0.306 e. The van der Waals surface area contributed by atoms with E-state index in [1.807, 2.05) is 0 Å². The van der Waals surface area contributed by atoms with E-state index in [2.05, 4.69) is 62.5 Å². The van der Waals surface area contributed by atoms with E-state index in [0.29, 0.717) is 12.8 Å². The van der Waals surface area contributed by atoms with Crippen molar-refractivity contribution in [2.24, 2.45) is 0 Å². The van der Waals surface area contributed by atoms with Crippen LogP contribution >= 0.6 is 0 Å². The molecule has 5 heteroatoms. The monoisotopic (exact) mass is 1230 g/mol. The van der Waals surface area contributed by atoms with Crippen molar-refractivity contribution in [3.63, 3.8) is 0 Å². The third-order valence-corrected chi connectivity index (χ3v) is 18.6. The highest BCUT2D eigenvalue weighted by Crippen LogP contribution is 2.20. The average molecular weight is 1230 g/mol. The molecule has 0 aliphatic heterocycles. The molecule has 0 fully saturated rings. The Balaban J connectivity index is 3.35. The lowest BCUT2D eigenvalue weighted by atomic mass is 10.0. The van der Waals surface area contributed by atoms with Crippen LogP contribution in [-0.4, -0.2) is 36.4 Å². The van der Waals surface area contributed by atoms with Crippen LogP contribution in [0.2, 0.25) is 0 Å². The van der Waals surface area contributed by atoms with Crippen molar-refractivity contribution in [1.29, 1.82) is 0 Å². The maximum absolute atomic E-state index is 12.4. The molecule has 0 rings (SSSR count). The third kappa shape index (κ3) is 76.3. The summed E-state index contributed by atoms with van der Waals surface area (Å²) in [6.45, 7) is 4.10. The quantitative estimate of drug-likeness (QED) is 0.0373. The predicted octanol–water partition coefficient (Wildman–Crippen LogP) is 28.2. The molecule has 0 spiro atoms. The van der Waals surface area contributed by atoms with Gasteiger partial charge in [0.1, 0.15) is 6.61 Å². The van der Waals surface area contributed by atoms with Gasteiger partial charge in [0.2, 0.25) is 0 Å². The number of carbonyl (C=O) groups excluding carboxylic acids is 2. The topological polar surface area (TPSA) is 72.8 Å². The summed E-state index contributed by atoms with van der Waals surface area (Å²) in [6.07, 6.45) is 108. The highest BCUT2D eigenvalue weighted by Gasteiger charge is 2.16.